The quantitative estimate of drug-likeness (QED) is 0.159. The van der Waals surface area contributed by atoms with Gasteiger partial charge in [0.25, 0.3) is 0 Å². The van der Waals surface area contributed by atoms with E-state index in [9.17, 15) is 0 Å². The van der Waals surface area contributed by atoms with Crippen molar-refractivity contribution in [3.05, 3.63) is 116 Å². The molecule has 0 amide bonds. The minimum absolute atomic E-state index is 0. The molecule has 0 spiro atoms. The monoisotopic (exact) mass is 666 g/mol. The van der Waals surface area contributed by atoms with Gasteiger partial charge in [-0.05, 0) is 60.5 Å². The molecule has 0 N–H and O–H groups in total. The minimum Gasteiger partial charge on any atom is 0 e. The van der Waals surface area contributed by atoms with Crippen molar-refractivity contribution in [1.82, 2.24) is 0 Å². The third-order valence-corrected chi connectivity index (χ3v) is 6.47. The molecule has 0 aliphatic heterocycles. The maximum absolute atomic E-state index is 7.50. The summed E-state index contributed by atoms with van der Waals surface area (Å²) >= 11 is 0. The summed E-state index contributed by atoms with van der Waals surface area (Å²) in [6.07, 6.45) is 0. The average molecular weight is 666 g/mol. The van der Waals surface area contributed by atoms with Gasteiger partial charge in [0.05, 0.1) is 0 Å². The van der Waals surface area contributed by atoms with Gasteiger partial charge in [0.1, 0.15) is 0 Å². The molecule has 36 heavy (non-hydrogen) atoms. The summed E-state index contributed by atoms with van der Waals surface area (Å²) in [6, 6.07) is 22.5. The predicted octanol–water partition coefficient (Wildman–Crippen LogP) is 7.25. The Morgan fingerprint density at radius 1 is 0.556 bits per heavy atom. The van der Waals surface area contributed by atoms with E-state index in [1.165, 1.54) is 54.7 Å². The molecule has 1 aromatic heterocycles. The van der Waals surface area contributed by atoms with Crippen molar-refractivity contribution in [1.29, 1.82) is 0 Å². The molecule has 7 heteroatoms. The Morgan fingerprint density at radius 3 is 1.47 bits per heavy atom. The van der Waals surface area contributed by atoms with Gasteiger partial charge in [-0.15, -0.1) is 8.19 Å². The van der Waals surface area contributed by atoms with Crippen LogP contribution in [0.5, 0.6) is 0 Å². The van der Waals surface area contributed by atoms with Crippen molar-refractivity contribution in [3.63, 3.8) is 0 Å². The van der Waals surface area contributed by atoms with Crippen LogP contribution in [0.4, 0.5) is 0 Å². The fraction of sp³-hybridized carbons (Fsp3) is 0.138. The maximum Gasteiger partial charge on any atom is 0 e. The van der Waals surface area contributed by atoms with Gasteiger partial charge in [-0.2, -0.15) is 0 Å². The van der Waals surface area contributed by atoms with Crippen molar-refractivity contribution in [2.75, 3.05) is 0 Å². The molecule has 3 aromatic carbocycles. The van der Waals surface area contributed by atoms with Gasteiger partial charge in [-0.25, -0.2) is 0 Å². The van der Waals surface area contributed by atoms with Gasteiger partial charge in [0.15, 0.2) is 0 Å². The molecule has 0 fully saturated rings. The summed E-state index contributed by atoms with van der Waals surface area (Å²) in [6.45, 7) is 31.3. The largest absolute Gasteiger partial charge is 0 e. The van der Waals surface area contributed by atoms with Crippen LogP contribution in [0.15, 0.2) is 60.7 Å². The van der Waals surface area contributed by atoms with Crippen molar-refractivity contribution >= 4 is 18.7 Å². The number of rotatable bonds is 2. The Kier molecular flexibility index (Phi) is 22.3. The molecule has 0 saturated heterocycles. The molecule has 0 bridgehead atoms. The van der Waals surface area contributed by atoms with Gasteiger partial charge in [-0.3, -0.25) is 0 Å². The molecule has 4 rings (SSSR count). The zero-order chi connectivity index (χ0) is 27.6. The van der Waals surface area contributed by atoms with Crippen molar-refractivity contribution < 1.29 is 44.3 Å². The van der Waals surface area contributed by atoms with Crippen LogP contribution in [0.1, 0.15) is 22.3 Å². The number of hydrogen-bond acceptors (Lipinski definition) is 0. The molecule has 1 unspecified atom stereocenters. The first-order valence-corrected chi connectivity index (χ1v) is 10.8. The van der Waals surface area contributed by atoms with Crippen LogP contribution in [-0.2, 0) is 44.3 Å². The van der Waals surface area contributed by atoms with E-state index in [0.29, 0.717) is 0 Å². The Labute approximate surface area is 228 Å². The number of benzene rings is 3. The van der Waals surface area contributed by atoms with E-state index in [1.54, 1.807) is 0 Å². The van der Waals surface area contributed by atoms with Crippen molar-refractivity contribution in [3.8, 4) is 22.0 Å². The fourth-order valence-corrected chi connectivity index (χ4v) is 5.40. The van der Waals surface area contributed by atoms with Gasteiger partial charge in [0, 0.05) is 31.9 Å². The molecule has 180 valence electrons. The van der Waals surface area contributed by atoms with E-state index in [-0.39, 0.29) is 21.1 Å². The zero-order valence-corrected chi connectivity index (χ0v) is 24.2. The van der Waals surface area contributed by atoms with Crippen LogP contribution in [0.2, 0.25) is 0 Å². The first kappa shape index (κ1) is 37.6. The van der Waals surface area contributed by atoms with E-state index in [4.69, 9.17) is 23.3 Å². The van der Waals surface area contributed by atoms with Crippen LogP contribution in [0.3, 0.4) is 0 Å². The fourth-order valence-electron chi connectivity index (χ4n) is 3.91. The molecule has 5 nitrogen and oxygen atoms in total. The van der Waals surface area contributed by atoms with Gasteiger partial charge >= 0.3 is 56.5 Å². The van der Waals surface area contributed by atoms with Crippen LogP contribution < -0.4 is 0 Å². The van der Waals surface area contributed by atoms with Crippen LogP contribution in [-0.4, -0.2) is 0 Å². The molecule has 0 radical (unpaired) electrons. The van der Waals surface area contributed by atoms with Gasteiger partial charge < -0.3 is 0 Å². The summed E-state index contributed by atoms with van der Waals surface area (Å²) in [4.78, 5) is 0. The Balaban J connectivity index is -0.000000889. The molecule has 1 heterocycles. The predicted molar refractivity (Wildman–Crippen MR) is 133 cm³/mol. The number of fused-ring (bicyclic) bond motifs is 1. The number of hydrogen-bond donors (Lipinski definition) is 0. The number of aryl methyl sites for hydroxylation is 4. The molecular formula is C29H23O5PW. The van der Waals surface area contributed by atoms with E-state index < -0.39 is 0 Å². The second kappa shape index (κ2) is 21.4. The smallest absolute Gasteiger partial charge is 0 e. The normalized spacial score (nSPS) is 8.28. The van der Waals surface area contributed by atoms with Crippen molar-refractivity contribution in [2.24, 2.45) is 0 Å². The van der Waals surface area contributed by atoms with Crippen molar-refractivity contribution in [2.45, 2.75) is 27.7 Å². The van der Waals surface area contributed by atoms with Gasteiger partial charge in [0.2, 0.25) is 0 Å². The molecule has 0 saturated carbocycles. The minimum atomic E-state index is 0. The Hall–Kier alpha value is -2.91. The Morgan fingerprint density at radius 2 is 1.00 bits per heavy atom. The summed E-state index contributed by atoms with van der Waals surface area (Å²) < 4.78 is 37.5. The molecule has 0 aliphatic rings. The zero-order valence-electron chi connectivity index (χ0n) is 20.2. The standard InChI is InChI=1S/C24H23P.5CO.W/c1-15-9-11-19(12-10-15)24-23(20-7-5-6-8-21(20)25-24)22-17(3)13-16(2)14-18(22)4;5*1-2;/h5-14,25H,1-4H3;;;;;;. The van der Waals surface area contributed by atoms with E-state index >= 15 is 0 Å². The second-order valence-corrected chi connectivity index (χ2v) is 8.35. The van der Waals surface area contributed by atoms with Crippen LogP contribution in [0, 0.1) is 60.9 Å². The average Bonchev–Trinajstić information content (AvgIpc) is 3.29. The van der Waals surface area contributed by atoms with Crippen LogP contribution >= 0.6 is 8.19 Å². The third-order valence-electron chi connectivity index (χ3n) is 4.97. The third kappa shape index (κ3) is 9.62. The summed E-state index contributed by atoms with van der Waals surface area (Å²) in [5, 5.41) is 4.36. The van der Waals surface area contributed by atoms with Gasteiger partial charge in [-0.1, -0.05) is 71.8 Å². The molecule has 0 aliphatic carbocycles. The molecule has 4 aromatic rings. The van der Waals surface area contributed by atoms with Crippen LogP contribution in [0.25, 0.3) is 32.5 Å². The topological polar surface area (TPSA) is 99.5 Å². The second-order valence-electron chi connectivity index (χ2n) is 7.06. The first-order valence-electron chi connectivity index (χ1n) is 9.82. The summed E-state index contributed by atoms with van der Waals surface area (Å²) in [7, 11) is 0.721. The summed E-state index contributed by atoms with van der Waals surface area (Å²) in [5.74, 6) is 0. The van der Waals surface area contributed by atoms with E-state index in [0.717, 1.165) is 8.19 Å². The maximum atomic E-state index is 7.50. The SMILES string of the molecule is Cc1ccc(-c2[pH]c3ccccc3c2-c2c(C)cc(C)cc2C)cc1.[C-]#[O+].[C-]#[O+].[C-]#[O+].[C-]#[O+].[C-]#[O+].[W]. The molecule has 1 atom stereocenters. The van der Waals surface area contributed by atoms with E-state index in [1.807, 2.05) is 0 Å². The first-order chi connectivity index (χ1) is 17.0. The summed E-state index contributed by atoms with van der Waals surface area (Å²) in [5.41, 5.74) is 9.61. The molecular weight excluding hydrogens is 643 g/mol. The van der Waals surface area contributed by atoms with E-state index in [2.05, 4.69) is 122 Å². The Bertz CT molecular complexity index is 1250.